The molecule has 0 saturated carbocycles. The summed E-state index contributed by atoms with van der Waals surface area (Å²) in [4.78, 5) is 28.7. The minimum Gasteiger partial charge on any atom is -0.334 e. The SMILES string of the molecule is Cn1cnc2cc(C(=O)Nc3cc(-c4cccs4)ccc3[N+](=O)[O-])ccc21. The predicted molar refractivity (Wildman–Crippen MR) is 105 cm³/mol. The Bertz CT molecular complexity index is 1170. The molecule has 4 rings (SSSR count). The number of benzene rings is 2. The van der Waals surface area contributed by atoms with E-state index in [2.05, 4.69) is 10.3 Å². The predicted octanol–water partition coefficient (Wildman–Crippen LogP) is 4.46. The fraction of sp³-hybridized carbons (Fsp3) is 0.0526. The average Bonchev–Trinajstić information content (AvgIpc) is 3.31. The van der Waals surface area contributed by atoms with Crippen LogP contribution in [0.1, 0.15) is 10.4 Å². The Balaban J connectivity index is 1.69. The van der Waals surface area contributed by atoms with Gasteiger partial charge in [-0.1, -0.05) is 6.07 Å². The number of amides is 1. The van der Waals surface area contributed by atoms with Crippen LogP contribution in [0.5, 0.6) is 0 Å². The van der Waals surface area contributed by atoms with Crippen LogP contribution < -0.4 is 5.32 Å². The first-order valence-corrected chi connectivity index (χ1v) is 8.95. The van der Waals surface area contributed by atoms with E-state index in [4.69, 9.17) is 0 Å². The highest BCUT2D eigenvalue weighted by Crippen LogP contribution is 2.33. The molecule has 27 heavy (non-hydrogen) atoms. The molecule has 2 aromatic carbocycles. The molecule has 1 amide bonds. The van der Waals surface area contributed by atoms with Gasteiger partial charge in [-0.3, -0.25) is 14.9 Å². The van der Waals surface area contributed by atoms with Crippen LogP contribution in [0.15, 0.2) is 60.2 Å². The quantitative estimate of drug-likeness (QED) is 0.419. The van der Waals surface area contributed by atoms with Gasteiger partial charge in [-0.05, 0) is 47.3 Å². The van der Waals surface area contributed by atoms with Crippen molar-refractivity contribution < 1.29 is 9.72 Å². The van der Waals surface area contributed by atoms with Crippen LogP contribution in [0, 0.1) is 10.1 Å². The molecule has 4 aromatic rings. The zero-order valence-corrected chi connectivity index (χ0v) is 15.1. The lowest BCUT2D eigenvalue weighted by Crippen LogP contribution is -2.13. The lowest BCUT2D eigenvalue weighted by molar-refractivity contribution is -0.383. The first-order valence-electron chi connectivity index (χ1n) is 8.07. The zero-order valence-electron chi connectivity index (χ0n) is 14.2. The molecule has 0 fully saturated rings. The van der Waals surface area contributed by atoms with E-state index in [-0.39, 0.29) is 11.4 Å². The second kappa shape index (κ2) is 6.65. The van der Waals surface area contributed by atoms with Gasteiger partial charge in [0.15, 0.2) is 0 Å². The smallest absolute Gasteiger partial charge is 0.292 e. The Labute approximate surface area is 158 Å². The number of aryl methyl sites for hydroxylation is 1. The number of thiophene rings is 1. The maximum absolute atomic E-state index is 12.7. The number of carbonyl (C=O) groups excluding carboxylic acids is 1. The van der Waals surface area contributed by atoms with Crippen molar-refractivity contribution in [3.8, 4) is 10.4 Å². The molecule has 1 N–H and O–H groups in total. The molecule has 0 spiro atoms. The van der Waals surface area contributed by atoms with Gasteiger partial charge in [0.1, 0.15) is 5.69 Å². The van der Waals surface area contributed by atoms with Gasteiger partial charge in [-0.25, -0.2) is 4.98 Å². The summed E-state index contributed by atoms with van der Waals surface area (Å²) < 4.78 is 1.85. The average molecular weight is 378 g/mol. The summed E-state index contributed by atoms with van der Waals surface area (Å²) in [7, 11) is 1.87. The van der Waals surface area contributed by atoms with E-state index in [0.717, 1.165) is 16.0 Å². The van der Waals surface area contributed by atoms with Crippen LogP contribution in [0.3, 0.4) is 0 Å². The third-order valence-corrected chi connectivity index (χ3v) is 5.15. The highest BCUT2D eigenvalue weighted by atomic mass is 32.1. The number of anilines is 1. The number of hydrogen-bond donors (Lipinski definition) is 1. The third-order valence-electron chi connectivity index (χ3n) is 4.23. The minimum atomic E-state index is -0.504. The summed E-state index contributed by atoms with van der Waals surface area (Å²) in [6, 6.07) is 13.7. The second-order valence-corrected chi connectivity index (χ2v) is 6.93. The molecular formula is C19H14N4O3S. The second-order valence-electron chi connectivity index (χ2n) is 5.98. The van der Waals surface area contributed by atoms with Crippen LogP contribution in [0.2, 0.25) is 0 Å². The number of fused-ring (bicyclic) bond motifs is 1. The molecule has 2 aromatic heterocycles. The van der Waals surface area contributed by atoms with Crippen molar-refractivity contribution >= 4 is 39.7 Å². The van der Waals surface area contributed by atoms with E-state index in [1.807, 2.05) is 29.1 Å². The molecule has 134 valence electrons. The van der Waals surface area contributed by atoms with E-state index < -0.39 is 10.8 Å². The number of nitrogens with one attached hydrogen (secondary N) is 1. The number of nitro groups is 1. The minimum absolute atomic E-state index is 0.150. The molecule has 7 nitrogen and oxygen atoms in total. The maximum Gasteiger partial charge on any atom is 0.292 e. The summed E-state index contributed by atoms with van der Waals surface area (Å²) >= 11 is 1.52. The number of imidazole rings is 1. The van der Waals surface area contributed by atoms with Crippen molar-refractivity contribution in [2.45, 2.75) is 0 Å². The van der Waals surface area contributed by atoms with E-state index in [1.165, 1.54) is 17.4 Å². The molecule has 0 atom stereocenters. The van der Waals surface area contributed by atoms with Crippen molar-refractivity contribution in [2.75, 3.05) is 5.32 Å². The first kappa shape index (κ1) is 16.9. The largest absolute Gasteiger partial charge is 0.334 e. The van der Waals surface area contributed by atoms with Gasteiger partial charge in [0.25, 0.3) is 11.6 Å². The van der Waals surface area contributed by atoms with E-state index in [0.29, 0.717) is 11.1 Å². The number of nitrogens with zero attached hydrogens (tertiary/aromatic N) is 3. The molecular weight excluding hydrogens is 364 g/mol. The molecule has 0 radical (unpaired) electrons. The van der Waals surface area contributed by atoms with Crippen molar-refractivity contribution in [2.24, 2.45) is 7.05 Å². The third kappa shape index (κ3) is 3.18. The van der Waals surface area contributed by atoms with Crippen molar-refractivity contribution in [1.29, 1.82) is 0 Å². The van der Waals surface area contributed by atoms with Crippen LogP contribution in [0.25, 0.3) is 21.5 Å². The lowest BCUT2D eigenvalue weighted by atomic mass is 10.1. The van der Waals surface area contributed by atoms with Gasteiger partial charge >= 0.3 is 0 Å². The Morgan fingerprint density at radius 2 is 2.07 bits per heavy atom. The zero-order chi connectivity index (χ0) is 19.0. The van der Waals surface area contributed by atoms with Gasteiger partial charge in [-0.2, -0.15) is 0 Å². The van der Waals surface area contributed by atoms with Crippen molar-refractivity contribution in [3.05, 3.63) is 75.9 Å². The lowest BCUT2D eigenvalue weighted by Gasteiger charge is -2.08. The standard InChI is InChI=1S/C19H14N4O3S/c1-22-11-20-14-10-13(5-6-16(14)22)19(24)21-15-9-12(18-3-2-8-27-18)4-7-17(15)23(25)26/h2-11H,1H3,(H,21,24). The molecule has 0 aliphatic heterocycles. The van der Waals surface area contributed by atoms with E-state index >= 15 is 0 Å². The fourth-order valence-corrected chi connectivity index (χ4v) is 3.59. The molecule has 0 bridgehead atoms. The Morgan fingerprint density at radius 1 is 1.22 bits per heavy atom. The summed E-state index contributed by atoms with van der Waals surface area (Å²) in [5.41, 5.74) is 2.80. The topological polar surface area (TPSA) is 90.1 Å². The number of rotatable bonds is 4. The first-order chi connectivity index (χ1) is 13.0. The Kier molecular flexibility index (Phi) is 4.17. The normalized spacial score (nSPS) is 10.9. The Morgan fingerprint density at radius 3 is 2.81 bits per heavy atom. The molecule has 0 unspecified atom stereocenters. The maximum atomic E-state index is 12.7. The molecule has 0 aliphatic rings. The van der Waals surface area contributed by atoms with Crippen LogP contribution >= 0.6 is 11.3 Å². The summed E-state index contributed by atoms with van der Waals surface area (Å²) in [6.07, 6.45) is 1.67. The monoisotopic (exact) mass is 378 g/mol. The van der Waals surface area contributed by atoms with Crippen LogP contribution in [0.4, 0.5) is 11.4 Å². The van der Waals surface area contributed by atoms with Crippen molar-refractivity contribution in [3.63, 3.8) is 0 Å². The van der Waals surface area contributed by atoms with Crippen LogP contribution in [-0.4, -0.2) is 20.4 Å². The van der Waals surface area contributed by atoms with E-state index in [1.54, 1.807) is 36.7 Å². The fourth-order valence-electron chi connectivity index (χ4n) is 2.86. The number of nitro benzene ring substituents is 1. The van der Waals surface area contributed by atoms with Crippen molar-refractivity contribution in [1.82, 2.24) is 9.55 Å². The van der Waals surface area contributed by atoms with Gasteiger partial charge in [0, 0.05) is 23.6 Å². The van der Waals surface area contributed by atoms with Gasteiger partial charge in [0.05, 0.1) is 22.3 Å². The molecule has 0 saturated heterocycles. The highest BCUT2D eigenvalue weighted by molar-refractivity contribution is 7.13. The number of aromatic nitrogens is 2. The summed E-state index contributed by atoms with van der Waals surface area (Å²) in [5, 5.41) is 16.0. The molecule has 8 heteroatoms. The van der Waals surface area contributed by atoms with Gasteiger partial charge in [-0.15, -0.1) is 11.3 Å². The molecule has 2 heterocycles. The van der Waals surface area contributed by atoms with E-state index in [9.17, 15) is 14.9 Å². The van der Waals surface area contributed by atoms with Gasteiger partial charge in [0.2, 0.25) is 0 Å². The highest BCUT2D eigenvalue weighted by Gasteiger charge is 2.18. The summed E-state index contributed by atoms with van der Waals surface area (Å²) in [6.45, 7) is 0. The van der Waals surface area contributed by atoms with Gasteiger partial charge < -0.3 is 9.88 Å². The molecule has 0 aliphatic carbocycles. The summed E-state index contributed by atoms with van der Waals surface area (Å²) in [5.74, 6) is -0.422. The Hall–Kier alpha value is -3.52. The number of carbonyl (C=O) groups is 1. The number of hydrogen-bond acceptors (Lipinski definition) is 5. The van der Waals surface area contributed by atoms with Crippen LogP contribution in [-0.2, 0) is 7.05 Å².